The van der Waals surface area contributed by atoms with Gasteiger partial charge in [0.05, 0.1) is 5.69 Å². The summed E-state index contributed by atoms with van der Waals surface area (Å²) in [5, 5.41) is 21.6. The number of carbonyl (C=O) groups excluding carboxylic acids is 1. The van der Waals surface area contributed by atoms with Gasteiger partial charge in [0.2, 0.25) is 0 Å². The summed E-state index contributed by atoms with van der Waals surface area (Å²) < 4.78 is 1.48. The standard InChI is InChI=1S/C11H15N5O2S/c1-2-15(5-3-6-17)11(18)10-9(4-7-19-10)16-8-12-13-14-16/h4,7-8,17H,2-3,5-6H2,1H3. The summed E-state index contributed by atoms with van der Waals surface area (Å²) >= 11 is 1.36. The molecule has 102 valence electrons. The SMILES string of the molecule is CCN(CCCO)C(=O)c1sccc1-n1cnnn1. The number of amides is 1. The van der Waals surface area contributed by atoms with Crippen molar-refractivity contribution in [3.05, 3.63) is 22.7 Å². The summed E-state index contributed by atoms with van der Waals surface area (Å²) in [4.78, 5) is 14.7. The molecule has 2 aromatic rings. The van der Waals surface area contributed by atoms with Crippen LogP contribution in [0.1, 0.15) is 23.0 Å². The van der Waals surface area contributed by atoms with Crippen LogP contribution in [-0.4, -0.2) is 55.8 Å². The molecular formula is C11H15N5O2S. The average Bonchev–Trinajstić information content (AvgIpc) is 3.09. The summed E-state index contributed by atoms with van der Waals surface area (Å²) in [6.07, 6.45) is 2.04. The lowest BCUT2D eigenvalue weighted by molar-refractivity contribution is 0.0759. The van der Waals surface area contributed by atoms with E-state index < -0.39 is 0 Å². The molecule has 0 fully saturated rings. The molecule has 1 N–H and O–H groups in total. The molecule has 1 amide bonds. The Morgan fingerprint density at radius 1 is 1.58 bits per heavy atom. The number of aliphatic hydroxyl groups is 1. The molecule has 8 heteroatoms. The van der Waals surface area contributed by atoms with Gasteiger partial charge in [0.1, 0.15) is 11.2 Å². The Balaban J connectivity index is 2.22. The van der Waals surface area contributed by atoms with E-state index in [-0.39, 0.29) is 12.5 Å². The third-order valence-corrected chi connectivity index (χ3v) is 3.58. The molecule has 0 spiro atoms. The molecule has 0 aliphatic carbocycles. The lowest BCUT2D eigenvalue weighted by Crippen LogP contribution is -2.32. The number of hydrogen-bond acceptors (Lipinski definition) is 6. The Morgan fingerprint density at radius 3 is 3.05 bits per heavy atom. The first kappa shape index (κ1) is 13.6. The second-order valence-electron chi connectivity index (χ2n) is 3.85. The highest BCUT2D eigenvalue weighted by Gasteiger charge is 2.20. The minimum absolute atomic E-state index is 0.0588. The van der Waals surface area contributed by atoms with E-state index in [0.29, 0.717) is 30.1 Å². The minimum atomic E-state index is -0.0588. The first-order chi connectivity index (χ1) is 9.27. The summed E-state index contributed by atoms with van der Waals surface area (Å²) in [5.41, 5.74) is 0.683. The normalized spacial score (nSPS) is 10.6. The second-order valence-corrected chi connectivity index (χ2v) is 4.77. The van der Waals surface area contributed by atoms with Crippen molar-refractivity contribution in [1.82, 2.24) is 25.1 Å². The highest BCUT2D eigenvalue weighted by Crippen LogP contribution is 2.22. The van der Waals surface area contributed by atoms with E-state index in [1.165, 1.54) is 22.3 Å². The van der Waals surface area contributed by atoms with Crippen LogP contribution in [0.25, 0.3) is 5.69 Å². The molecule has 0 saturated heterocycles. The van der Waals surface area contributed by atoms with Crippen LogP contribution in [0.15, 0.2) is 17.8 Å². The molecule has 2 heterocycles. The minimum Gasteiger partial charge on any atom is -0.396 e. The van der Waals surface area contributed by atoms with Crippen molar-refractivity contribution < 1.29 is 9.90 Å². The third kappa shape index (κ3) is 2.96. The van der Waals surface area contributed by atoms with Crippen LogP contribution in [0.4, 0.5) is 0 Å². The molecular weight excluding hydrogens is 266 g/mol. The van der Waals surface area contributed by atoms with Crippen LogP contribution < -0.4 is 0 Å². The zero-order valence-corrected chi connectivity index (χ0v) is 11.4. The number of nitrogens with zero attached hydrogens (tertiary/aromatic N) is 5. The lowest BCUT2D eigenvalue weighted by Gasteiger charge is -2.20. The van der Waals surface area contributed by atoms with E-state index in [4.69, 9.17) is 5.11 Å². The van der Waals surface area contributed by atoms with E-state index in [0.717, 1.165) is 0 Å². The fourth-order valence-electron chi connectivity index (χ4n) is 1.72. The quantitative estimate of drug-likeness (QED) is 0.836. The van der Waals surface area contributed by atoms with Crippen molar-refractivity contribution in [1.29, 1.82) is 0 Å². The van der Waals surface area contributed by atoms with Gasteiger partial charge in [-0.2, -0.15) is 4.68 Å². The van der Waals surface area contributed by atoms with Crippen molar-refractivity contribution in [2.24, 2.45) is 0 Å². The Hall–Kier alpha value is -1.80. The van der Waals surface area contributed by atoms with E-state index in [1.54, 1.807) is 4.90 Å². The van der Waals surface area contributed by atoms with E-state index in [2.05, 4.69) is 15.5 Å². The van der Waals surface area contributed by atoms with Gasteiger partial charge in [-0.1, -0.05) is 0 Å². The maximum absolute atomic E-state index is 12.4. The molecule has 0 saturated carbocycles. The Bertz CT molecular complexity index is 525. The van der Waals surface area contributed by atoms with E-state index >= 15 is 0 Å². The Morgan fingerprint density at radius 2 is 2.42 bits per heavy atom. The zero-order valence-electron chi connectivity index (χ0n) is 10.6. The largest absolute Gasteiger partial charge is 0.396 e. The van der Waals surface area contributed by atoms with Crippen LogP contribution in [0.3, 0.4) is 0 Å². The van der Waals surface area contributed by atoms with Crippen molar-refractivity contribution >= 4 is 17.2 Å². The number of rotatable bonds is 6. The van der Waals surface area contributed by atoms with Crippen molar-refractivity contribution in [2.75, 3.05) is 19.7 Å². The van der Waals surface area contributed by atoms with Gasteiger partial charge < -0.3 is 10.0 Å². The number of carbonyl (C=O) groups is 1. The van der Waals surface area contributed by atoms with Gasteiger partial charge in [0.15, 0.2) is 0 Å². The molecule has 0 radical (unpaired) electrons. The van der Waals surface area contributed by atoms with Gasteiger partial charge in [0.25, 0.3) is 5.91 Å². The summed E-state index contributed by atoms with van der Waals surface area (Å²) in [6.45, 7) is 3.14. The highest BCUT2D eigenvalue weighted by atomic mass is 32.1. The molecule has 0 unspecified atom stereocenters. The number of tetrazole rings is 1. The number of aliphatic hydroxyl groups excluding tert-OH is 1. The second kappa shape index (κ2) is 6.39. The van der Waals surface area contributed by atoms with Gasteiger partial charge in [-0.25, -0.2) is 0 Å². The van der Waals surface area contributed by atoms with Crippen LogP contribution in [0.5, 0.6) is 0 Å². The van der Waals surface area contributed by atoms with E-state index in [9.17, 15) is 4.79 Å². The molecule has 0 bridgehead atoms. The van der Waals surface area contributed by atoms with Crippen LogP contribution in [-0.2, 0) is 0 Å². The predicted molar refractivity (Wildman–Crippen MR) is 70.3 cm³/mol. The van der Waals surface area contributed by atoms with Crippen LogP contribution >= 0.6 is 11.3 Å². The first-order valence-electron chi connectivity index (χ1n) is 5.99. The Kier molecular flexibility index (Phi) is 4.58. The molecule has 0 aliphatic heterocycles. The third-order valence-electron chi connectivity index (χ3n) is 2.69. The fraction of sp³-hybridized carbons (Fsp3) is 0.455. The maximum Gasteiger partial charge on any atom is 0.266 e. The monoisotopic (exact) mass is 281 g/mol. The van der Waals surface area contributed by atoms with Crippen molar-refractivity contribution in [3.8, 4) is 5.69 Å². The number of thiophene rings is 1. The molecule has 7 nitrogen and oxygen atoms in total. The molecule has 0 aromatic carbocycles. The van der Waals surface area contributed by atoms with Crippen molar-refractivity contribution in [3.63, 3.8) is 0 Å². The molecule has 0 atom stereocenters. The van der Waals surface area contributed by atoms with Crippen LogP contribution in [0, 0.1) is 0 Å². The average molecular weight is 281 g/mol. The van der Waals surface area contributed by atoms with Gasteiger partial charge in [-0.05, 0) is 35.2 Å². The summed E-state index contributed by atoms with van der Waals surface area (Å²) in [5.74, 6) is -0.0588. The van der Waals surface area contributed by atoms with Gasteiger partial charge in [-0.15, -0.1) is 16.4 Å². The smallest absolute Gasteiger partial charge is 0.266 e. The first-order valence-corrected chi connectivity index (χ1v) is 6.87. The molecule has 2 aromatic heterocycles. The van der Waals surface area contributed by atoms with Gasteiger partial charge >= 0.3 is 0 Å². The van der Waals surface area contributed by atoms with Crippen molar-refractivity contribution in [2.45, 2.75) is 13.3 Å². The predicted octanol–water partition coefficient (Wildman–Crippen LogP) is 0.568. The Labute approximate surface area is 114 Å². The number of aromatic nitrogens is 4. The topological polar surface area (TPSA) is 84.1 Å². The molecule has 2 rings (SSSR count). The van der Waals surface area contributed by atoms with Gasteiger partial charge in [0, 0.05) is 19.7 Å². The maximum atomic E-state index is 12.4. The zero-order chi connectivity index (χ0) is 13.7. The van der Waals surface area contributed by atoms with Gasteiger partial charge in [-0.3, -0.25) is 4.79 Å². The molecule has 19 heavy (non-hydrogen) atoms. The summed E-state index contributed by atoms with van der Waals surface area (Å²) in [6, 6.07) is 1.81. The van der Waals surface area contributed by atoms with Crippen LogP contribution in [0.2, 0.25) is 0 Å². The fourth-order valence-corrected chi connectivity index (χ4v) is 2.57. The lowest BCUT2D eigenvalue weighted by atomic mass is 10.3. The van der Waals surface area contributed by atoms with E-state index in [1.807, 2.05) is 18.4 Å². The summed E-state index contributed by atoms with van der Waals surface area (Å²) in [7, 11) is 0. The number of hydrogen-bond donors (Lipinski definition) is 1. The highest BCUT2D eigenvalue weighted by molar-refractivity contribution is 7.12. The molecule has 0 aliphatic rings.